The summed E-state index contributed by atoms with van der Waals surface area (Å²) in [4.78, 5) is 14.8. The van der Waals surface area contributed by atoms with E-state index in [1.165, 1.54) is 6.07 Å². The van der Waals surface area contributed by atoms with Crippen LogP contribution in [0.1, 0.15) is 35.0 Å². The van der Waals surface area contributed by atoms with Gasteiger partial charge < -0.3 is 0 Å². The number of ketones is 1. The van der Waals surface area contributed by atoms with Crippen molar-refractivity contribution in [2.45, 2.75) is 30.5 Å². The number of fused-ring (bicyclic) bond motifs is 1. The minimum Gasteiger partial charge on any atom is -0.293 e. The van der Waals surface area contributed by atoms with E-state index in [0.717, 1.165) is 35.6 Å². The first-order valence-electron chi connectivity index (χ1n) is 5.83. The van der Waals surface area contributed by atoms with Gasteiger partial charge in [-0.25, -0.2) is 13.6 Å². The zero-order valence-corrected chi connectivity index (χ0v) is 11.8. The van der Waals surface area contributed by atoms with E-state index >= 15 is 0 Å². The molecule has 1 aliphatic rings. The maximum Gasteiger partial charge on any atom is 0.247 e. The van der Waals surface area contributed by atoms with Gasteiger partial charge in [0, 0.05) is 17.0 Å². The second-order valence-corrected chi connectivity index (χ2v) is 7.36. The van der Waals surface area contributed by atoms with Crippen LogP contribution < -0.4 is 5.14 Å². The molecular formula is C11H16N2O3S2. The summed E-state index contributed by atoms with van der Waals surface area (Å²) in [5.74, 6) is -0.0153. The Morgan fingerprint density at radius 3 is 2.78 bits per heavy atom. The van der Waals surface area contributed by atoms with E-state index in [0.29, 0.717) is 18.7 Å². The van der Waals surface area contributed by atoms with Gasteiger partial charge in [0.1, 0.15) is 4.21 Å². The number of thiophene rings is 1. The summed E-state index contributed by atoms with van der Waals surface area (Å²) in [5, 5.41) is 5.09. The first-order valence-corrected chi connectivity index (χ1v) is 8.19. The fourth-order valence-corrected chi connectivity index (χ4v) is 3.98. The molecule has 0 aliphatic carbocycles. The minimum atomic E-state index is -3.71. The van der Waals surface area contributed by atoms with Crippen molar-refractivity contribution in [1.82, 2.24) is 4.90 Å². The molecule has 0 saturated heterocycles. The second kappa shape index (κ2) is 5.08. The average Bonchev–Trinajstić information content (AvgIpc) is 2.70. The predicted octanol–water partition coefficient (Wildman–Crippen LogP) is 1.19. The van der Waals surface area contributed by atoms with E-state index in [2.05, 4.69) is 11.8 Å². The monoisotopic (exact) mass is 288 g/mol. The number of carbonyl (C=O) groups excluding carboxylic acids is 1. The van der Waals surface area contributed by atoms with Gasteiger partial charge in [0.2, 0.25) is 10.0 Å². The topological polar surface area (TPSA) is 80.5 Å². The van der Waals surface area contributed by atoms with Crippen LogP contribution in [-0.4, -0.2) is 32.2 Å². The van der Waals surface area contributed by atoms with E-state index in [-0.39, 0.29) is 9.99 Å². The van der Waals surface area contributed by atoms with Crippen molar-refractivity contribution in [3.05, 3.63) is 16.5 Å². The highest BCUT2D eigenvalue weighted by atomic mass is 32.2. The maximum atomic E-state index is 11.9. The Balaban J connectivity index is 2.25. The molecule has 0 unspecified atom stereocenters. The first-order chi connectivity index (χ1) is 8.41. The summed E-state index contributed by atoms with van der Waals surface area (Å²) in [6.07, 6.45) is 2.11. The Kier molecular flexibility index (Phi) is 3.86. The summed E-state index contributed by atoms with van der Waals surface area (Å²) < 4.78 is 22.6. The molecule has 1 aliphatic heterocycles. The van der Waals surface area contributed by atoms with Crippen LogP contribution in [0.3, 0.4) is 0 Å². The van der Waals surface area contributed by atoms with Crippen molar-refractivity contribution >= 4 is 27.1 Å². The molecule has 100 valence electrons. The Labute approximate surface area is 111 Å². The van der Waals surface area contributed by atoms with Gasteiger partial charge in [-0.2, -0.15) is 0 Å². The zero-order chi connectivity index (χ0) is 13.3. The smallest absolute Gasteiger partial charge is 0.247 e. The van der Waals surface area contributed by atoms with Gasteiger partial charge in [0.05, 0.1) is 6.54 Å². The molecule has 0 spiro atoms. The molecule has 0 radical (unpaired) electrons. The molecular weight excluding hydrogens is 272 g/mol. The normalized spacial score (nSPS) is 16.9. The first kappa shape index (κ1) is 13.7. The maximum absolute atomic E-state index is 11.9. The molecule has 2 heterocycles. The quantitative estimate of drug-likeness (QED) is 0.902. The van der Waals surface area contributed by atoms with Crippen molar-refractivity contribution in [2.75, 3.05) is 13.1 Å². The van der Waals surface area contributed by atoms with E-state index < -0.39 is 10.0 Å². The highest BCUT2D eigenvalue weighted by Crippen LogP contribution is 2.30. The Morgan fingerprint density at radius 2 is 2.17 bits per heavy atom. The van der Waals surface area contributed by atoms with E-state index in [1.807, 2.05) is 0 Å². The van der Waals surface area contributed by atoms with E-state index in [9.17, 15) is 13.2 Å². The molecule has 1 aromatic rings. The average molecular weight is 288 g/mol. The van der Waals surface area contributed by atoms with Gasteiger partial charge in [0.25, 0.3) is 0 Å². The van der Waals surface area contributed by atoms with Gasteiger partial charge in [-0.15, -0.1) is 11.3 Å². The lowest BCUT2D eigenvalue weighted by molar-refractivity contribution is 0.0902. The van der Waals surface area contributed by atoms with Gasteiger partial charge in [-0.05, 0) is 19.0 Å². The van der Waals surface area contributed by atoms with Crippen LogP contribution in [0.4, 0.5) is 0 Å². The lowest BCUT2D eigenvalue weighted by Crippen LogP contribution is -2.34. The van der Waals surface area contributed by atoms with Crippen molar-refractivity contribution in [1.29, 1.82) is 0 Å². The number of carbonyl (C=O) groups is 1. The van der Waals surface area contributed by atoms with E-state index in [4.69, 9.17) is 5.14 Å². The third-order valence-corrected chi connectivity index (χ3v) is 5.47. The molecule has 0 amide bonds. The highest BCUT2D eigenvalue weighted by Gasteiger charge is 2.27. The molecule has 1 aromatic heterocycles. The fraction of sp³-hybridized carbons (Fsp3) is 0.545. The third-order valence-electron chi connectivity index (χ3n) is 2.93. The third kappa shape index (κ3) is 2.80. The van der Waals surface area contributed by atoms with Crippen LogP contribution in [-0.2, 0) is 16.6 Å². The predicted molar refractivity (Wildman–Crippen MR) is 70.2 cm³/mol. The van der Waals surface area contributed by atoms with Crippen molar-refractivity contribution < 1.29 is 13.2 Å². The van der Waals surface area contributed by atoms with Gasteiger partial charge in [-0.3, -0.25) is 9.69 Å². The lowest BCUT2D eigenvalue weighted by Gasteiger charge is -2.25. The molecule has 0 atom stereocenters. The largest absolute Gasteiger partial charge is 0.293 e. The summed E-state index contributed by atoms with van der Waals surface area (Å²) in [6, 6.07) is 1.41. The number of rotatable bonds is 4. The molecule has 0 aromatic carbocycles. The number of nitrogens with two attached hydrogens (primary N) is 1. The number of sulfonamides is 1. The number of primary sulfonamides is 1. The molecule has 18 heavy (non-hydrogen) atoms. The van der Waals surface area contributed by atoms with Crippen molar-refractivity contribution in [3.8, 4) is 0 Å². The van der Waals surface area contributed by atoms with Crippen molar-refractivity contribution in [2.24, 2.45) is 5.14 Å². The number of hydrogen-bond acceptors (Lipinski definition) is 5. The van der Waals surface area contributed by atoms with Crippen LogP contribution in [0.2, 0.25) is 0 Å². The van der Waals surface area contributed by atoms with Crippen LogP contribution in [0.25, 0.3) is 0 Å². The van der Waals surface area contributed by atoms with Crippen LogP contribution >= 0.6 is 11.3 Å². The summed E-state index contributed by atoms with van der Waals surface area (Å²) >= 11 is 1.11. The Bertz CT molecular complexity index is 563. The molecule has 2 rings (SSSR count). The minimum absolute atomic E-state index is 0.0153. The lowest BCUT2D eigenvalue weighted by atomic mass is 10.1. The van der Waals surface area contributed by atoms with Crippen LogP contribution in [0.5, 0.6) is 0 Å². The fourth-order valence-electron chi connectivity index (χ4n) is 1.98. The summed E-state index contributed by atoms with van der Waals surface area (Å²) in [5.41, 5.74) is 0.525. The Hall–Kier alpha value is -0.760. The van der Waals surface area contributed by atoms with Crippen molar-refractivity contribution in [3.63, 3.8) is 0 Å². The summed E-state index contributed by atoms with van der Waals surface area (Å²) in [7, 11) is -3.71. The van der Waals surface area contributed by atoms with Gasteiger partial charge in [0.15, 0.2) is 5.78 Å². The van der Waals surface area contributed by atoms with Crippen LogP contribution in [0, 0.1) is 0 Å². The highest BCUT2D eigenvalue weighted by molar-refractivity contribution is 7.91. The Morgan fingerprint density at radius 1 is 1.44 bits per heavy atom. The van der Waals surface area contributed by atoms with Gasteiger partial charge in [-0.1, -0.05) is 13.3 Å². The number of Topliss-reactive ketones (excluding diaryl/α,β-unsaturated/α-hetero) is 1. The molecule has 0 bridgehead atoms. The summed E-state index contributed by atoms with van der Waals surface area (Å²) in [6.45, 7) is 3.97. The van der Waals surface area contributed by atoms with Gasteiger partial charge >= 0.3 is 0 Å². The standard InChI is InChI=1S/C11H16N2O3S2/c1-2-3-4-13-6-9(14)8-5-11(18(12,15)16)17-10(8)7-13/h5H,2-4,6-7H2,1H3,(H2,12,15,16). The molecule has 0 fully saturated rings. The van der Waals surface area contributed by atoms with Crippen LogP contribution in [0.15, 0.2) is 10.3 Å². The SMILES string of the molecule is CCCCN1CC(=O)c2cc(S(N)(=O)=O)sc2C1. The molecule has 7 heteroatoms. The second-order valence-electron chi connectivity index (χ2n) is 4.43. The number of unbranched alkanes of at least 4 members (excludes halogenated alkanes) is 1. The number of nitrogens with zero attached hydrogens (tertiary/aromatic N) is 1. The number of hydrogen-bond donors (Lipinski definition) is 1. The zero-order valence-electron chi connectivity index (χ0n) is 10.2. The van der Waals surface area contributed by atoms with E-state index in [1.54, 1.807) is 0 Å². The molecule has 0 saturated carbocycles. The molecule has 5 nitrogen and oxygen atoms in total. The molecule has 2 N–H and O–H groups in total.